The van der Waals surface area contributed by atoms with E-state index < -0.39 is 5.60 Å². The summed E-state index contributed by atoms with van der Waals surface area (Å²) in [6.45, 7) is 6.92. The Hall–Kier alpha value is -2.15. The van der Waals surface area contributed by atoms with E-state index >= 15 is 0 Å². The summed E-state index contributed by atoms with van der Waals surface area (Å²) in [6, 6.07) is 5.88. The molecule has 0 atom stereocenters. The standard InChI is InChI=1S/C21H24BrN3O3/c1-20(2,3)28-19(26)25-8-6-21(7-9-25)11-14(13-27-21)18-12-23-16-5-4-15(22)10-17(16)24-18/h4-5,10,12-13H,6-9,11H2,1-3H3. The van der Waals surface area contributed by atoms with Gasteiger partial charge in [0, 0.05) is 42.4 Å². The third kappa shape index (κ3) is 3.99. The second-order valence-corrected chi connectivity index (χ2v) is 9.39. The van der Waals surface area contributed by atoms with Gasteiger partial charge < -0.3 is 14.4 Å². The molecule has 0 aliphatic carbocycles. The number of carbonyl (C=O) groups is 1. The van der Waals surface area contributed by atoms with Gasteiger partial charge in [-0.15, -0.1) is 0 Å². The van der Waals surface area contributed by atoms with Crippen LogP contribution >= 0.6 is 15.9 Å². The largest absolute Gasteiger partial charge is 0.494 e. The number of nitrogens with zero attached hydrogens (tertiary/aromatic N) is 3. The van der Waals surface area contributed by atoms with Gasteiger partial charge in [-0.05, 0) is 39.0 Å². The second kappa shape index (κ2) is 7.03. The van der Waals surface area contributed by atoms with Gasteiger partial charge in [-0.3, -0.25) is 4.98 Å². The van der Waals surface area contributed by atoms with Crippen molar-refractivity contribution in [3.8, 4) is 0 Å². The van der Waals surface area contributed by atoms with Crippen LogP contribution in [0.3, 0.4) is 0 Å². The summed E-state index contributed by atoms with van der Waals surface area (Å²) < 4.78 is 12.6. The molecule has 1 amide bonds. The molecule has 0 unspecified atom stereocenters. The molecular weight excluding hydrogens is 422 g/mol. The lowest BCUT2D eigenvalue weighted by molar-refractivity contribution is -0.0276. The van der Waals surface area contributed by atoms with Crippen LogP contribution in [0.2, 0.25) is 0 Å². The molecule has 0 saturated carbocycles. The van der Waals surface area contributed by atoms with Crippen LogP contribution in [0.25, 0.3) is 16.6 Å². The SMILES string of the molecule is CC(C)(C)OC(=O)N1CCC2(CC1)CC(c1cnc3ccc(Br)cc3n1)=CO2. The first-order chi connectivity index (χ1) is 13.2. The summed E-state index contributed by atoms with van der Waals surface area (Å²) in [7, 11) is 0. The quantitative estimate of drug-likeness (QED) is 0.622. The van der Waals surface area contributed by atoms with E-state index in [0.29, 0.717) is 13.1 Å². The van der Waals surface area contributed by atoms with Gasteiger partial charge in [0.05, 0.1) is 29.2 Å². The monoisotopic (exact) mass is 445 g/mol. The molecule has 2 aliphatic heterocycles. The fourth-order valence-corrected chi connectivity index (χ4v) is 3.98. The van der Waals surface area contributed by atoms with Gasteiger partial charge in [0.15, 0.2) is 0 Å². The number of halogens is 1. The first kappa shape index (κ1) is 19.2. The molecule has 3 heterocycles. The molecule has 7 heteroatoms. The highest BCUT2D eigenvalue weighted by Gasteiger charge is 2.42. The average Bonchev–Trinajstić information content (AvgIpc) is 3.04. The van der Waals surface area contributed by atoms with Gasteiger partial charge in [-0.1, -0.05) is 15.9 Å². The van der Waals surface area contributed by atoms with Crippen LogP contribution in [-0.4, -0.2) is 45.3 Å². The second-order valence-electron chi connectivity index (χ2n) is 8.48. The van der Waals surface area contributed by atoms with Crippen molar-refractivity contribution >= 4 is 38.6 Å². The Bertz CT molecular complexity index is 944. The first-order valence-corrected chi connectivity index (χ1v) is 10.3. The lowest BCUT2D eigenvalue weighted by Crippen LogP contribution is -2.47. The maximum atomic E-state index is 12.3. The number of hydrogen-bond acceptors (Lipinski definition) is 5. The van der Waals surface area contributed by atoms with Crippen LogP contribution in [0.15, 0.2) is 35.1 Å². The zero-order valence-electron chi connectivity index (χ0n) is 16.4. The highest BCUT2D eigenvalue weighted by Crippen LogP contribution is 2.41. The summed E-state index contributed by atoms with van der Waals surface area (Å²) in [4.78, 5) is 23.3. The fraction of sp³-hybridized carbons (Fsp3) is 0.476. The van der Waals surface area contributed by atoms with Crippen molar-refractivity contribution in [1.29, 1.82) is 0 Å². The normalized spacial score (nSPS) is 18.9. The van der Waals surface area contributed by atoms with Crippen LogP contribution in [0.1, 0.15) is 45.7 Å². The molecule has 0 bridgehead atoms. The number of piperidine rings is 1. The summed E-state index contributed by atoms with van der Waals surface area (Å²) >= 11 is 3.48. The van der Waals surface area contributed by atoms with E-state index in [4.69, 9.17) is 14.5 Å². The summed E-state index contributed by atoms with van der Waals surface area (Å²) in [5.41, 5.74) is 2.88. The number of carbonyl (C=O) groups excluding carboxylic acids is 1. The molecule has 4 rings (SSSR count). The van der Waals surface area contributed by atoms with E-state index in [2.05, 4.69) is 20.9 Å². The van der Waals surface area contributed by atoms with E-state index in [9.17, 15) is 4.79 Å². The zero-order valence-corrected chi connectivity index (χ0v) is 18.0. The molecule has 1 spiro atoms. The number of fused-ring (bicyclic) bond motifs is 1. The number of hydrogen-bond donors (Lipinski definition) is 0. The maximum Gasteiger partial charge on any atom is 0.410 e. The minimum absolute atomic E-state index is 0.250. The number of amides is 1. The maximum absolute atomic E-state index is 12.3. The Labute approximate surface area is 173 Å². The van der Waals surface area contributed by atoms with Crippen LogP contribution in [0.4, 0.5) is 4.79 Å². The van der Waals surface area contributed by atoms with Crippen molar-refractivity contribution in [3.63, 3.8) is 0 Å². The minimum Gasteiger partial charge on any atom is -0.494 e. The van der Waals surface area contributed by atoms with Gasteiger partial charge in [-0.2, -0.15) is 0 Å². The van der Waals surface area contributed by atoms with Crippen molar-refractivity contribution in [3.05, 3.63) is 40.8 Å². The first-order valence-electron chi connectivity index (χ1n) is 9.51. The molecule has 1 fully saturated rings. The lowest BCUT2D eigenvalue weighted by atomic mass is 9.86. The zero-order chi connectivity index (χ0) is 19.9. The van der Waals surface area contributed by atoms with Crippen LogP contribution in [-0.2, 0) is 9.47 Å². The molecule has 28 heavy (non-hydrogen) atoms. The van der Waals surface area contributed by atoms with Crippen LogP contribution < -0.4 is 0 Å². The molecule has 2 aromatic rings. The number of rotatable bonds is 1. The highest BCUT2D eigenvalue weighted by molar-refractivity contribution is 9.10. The summed E-state index contributed by atoms with van der Waals surface area (Å²) in [5, 5.41) is 0. The summed E-state index contributed by atoms with van der Waals surface area (Å²) in [5.74, 6) is 0. The Kier molecular flexibility index (Phi) is 4.81. The molecule has 1 saturated heterocycles. The van der Waals surface area contributed by atoms with Crippen molar-refractivity contribution in [2.45, 2.75) is 51.2 Å². The molecule has 0 radical (unpaired) electrons. The minimum atomic E-state index is -0.478. The number of likely N-dealkylation sites (tertiary alicyclic amines) is 1. The summed E-state index contributed by atoms with van der Waals surface area (Å²) in [6.07, 6.45) is 5.71. The highest BCUT2D eigenvalue weighted by atomic mass is 79.9. The third-order valence-corrected chi connectivity index (χ3v) is 5.62. The molecule has 6 nitrogen and oxygen atoms in total. The Morgan fingerprint density at radius 3 is 2.71 bits per heavy atom. The fourth-order valence-electron chi connectivity index (χ4n) is 3.63. The van der Waals surface area contributed by atoms with Gasteiger partial charge in [0.1, 0.15) is 11.2 Å². The lowest BCUT2D eigenvalue weighted by Gasteiger charge is -2.39. The van der Waals surface area contributed by atoms with Crippen molar-refractivity contribution in [2.24, 2.45) is 0 Å². The number of benzene rings is 1. The molecule has 2 aliphatic rings. The molecule has 1 aromatic carbocycles. The predicted molar refractivity (Wildman–Crippen MR) is 111 cm³/mol. The van der Waals surface area contributed by atoms with E-state index in [1.807, 2.05) is 45.2 Å². The Morgan fingerprint density at radius 1 is 1.25 bits per heavy atom. The Balaban J connectivity index is 1.42. The number of ether oxygens (including phenoxy) is 2. The molecular formula is C21H24BrN3O3. The Morgan fingerprint density at radius 2 is 2.00 bits per heavy atom. The number of aromatic nitrogens is 2. The molecule has 0 N–H and O–H groups in total. The smallest absolute Gasteiger partial charge is 0.410 e. The van der Waals surface area contributed by atoms with Gasteiger partial charge in [-0.25, -0.2) is 9.78 Å². The van der Waals surface area contributed by atoms with E-state index in [1.165, 1.54) is 0 Å². The van der Waals surface area contributed by atoms with Crippen LogP contribution in [0.5, 0.6) is 0 Å². The van der Waals surface area contributed by atoms with Crippen LogP contribution in [0, 0.1) is 0 Å². The third-order valence-electron chi connectivity index (χ3n) is 5.12. The van der Waals surface area contributed by atoms with Gasteiger partial charge >= 0.3 is 6.09 Å². The van der Waals surface area contributed by atoms with Gasteiger partial charge in [0.25, 0.3) is 0 Å². The van der Waals surface area contributed by atoms with Crippen molar-refractivity contribution in [2.75, 3.05) is 13.1 Å². The van der Waals surface area contributed by atoms with E-state index in [-0.39, 0.29) is 11.7 Å². The topological polar surface area (TPSA) is 64.5 Å². The van der Waals surface area contributed by atoms with Crippen molar-refractivity contribution < 1.29 is 14.3 Å². The van der Waals surface area contributed by atoms with Gasteiger partial charge in [0.2, 0.25) is 0 Å². The molecule has 148 valence electrons. The predicted octanol–water partition coefficient (Wildman–Crippen LogP) is 4.92. The van der Waals surface area contributed by atoms with E-state index in [0.717, 1.165) is 46.0 Å². The van der Waals surface area contributed by atoms with E-state index in [1.54, 1.807) is 11.1 Å². The molecule has 1 aromatic heterocycles. The van der Waals surface area contributed by atoms with Crippen molar-refractivity contribution in [1.82, 2.24) is 14.9 Å². The average molecular weight is 446 g/mol.